The molecule has 3 aromatic rings. The molecule has 0 unspecified atom stereocenters. The molecule has 0 aliphatic rings. The average molecular weight is 263 g/mol. The van der Waals surface area contributed by atoms with Crippen molar-refractivity contribution in [2.45, 2.75) is 19.8 Å². The zero-order chi connectivity index (χ0) is 13.9. The second-order valence-corrected chi connectivity index (χ2v) is 4.96. The Kier molecular flexibility index (Phi) is 3.38. The number of benzene rings is 1. The number of carbonyl (C=O) groups excluding carboxylic acids is 1. The fraction of sp³-hybridized carbons (Fsp3) is 0.167. The number of hydrogen-bond acceptors (Lipinski definition) is 1. The maximum atomic E-state index is 12.7. The zero-order valence-electron chi connectivity index (χ0n) is 11.5. The van der Waals surface area contributed by atoms with Crippen LogP contribution in [0.5, 0.6) is 0 Å². The van der Waals surface area contributed by atoms with Crippen LogP contribution in [0.2, 0.25) is 0 Å². The molecule has 2 aromatic heterocycles. The Bertz CT molecular complexity index is 740. The van der Waals surface area contributed by atoms with Crippen LogP contribution in [-0.4, -0.2) is 10.2 Å². The van der Waals surface area contributed by atoms with Crippen molar-refractivity contribution in [3.63, 3.8) is 0 Å². The van der Waals surface area contributed by atoms with Crippen LogP contribution in [0.15, 0.2) is 60.8 Å². The highest BCUT2D eigenvalue weighted by atomic mass is 16.1. The second kappa shape index (κ2) is 5.33. The molecule has 1 aromatic carbocycles. The molecule has 20 heavy (non-hydrogen) atoms. The first-order valence-electron chi connectivity index (χ1n) is 7.00. The molecule has 3 rings (SSSR count). The SMILES string of the molecule is CCCc1cc(C(=O)c2ccccc2)n2ccccc12. The predicted molar refractivity (Wildman–Crippen MR) is 81.3 cm³/mol. The molecular formula is C18H17NO. The summed E-state index contributed by atoms with van der Waals surface area (Å²) in [7, 11) is 0. The van der Waals surface area contributed by atoms with Crippen LogP contribution in [0.3, 0.4) is 0 Å². The van der Waals surface area contributed by atoms with E-state index >= 15 is 0 Å². The number of ketones is 1. The van der Waals surface area contributed by atoms with Gasteiger partial charge in [-0.05, 0) is 30.2 Å². The summed E-state index contributed by atoms with van der Waals surface area (Å²) < 4.78 is 2.00. The van der Waals surface area contributed by atoms with Gasteiger partial charge in [-0.3, -0.25) is 4.79 Å². The lowest BCUT2D eigenvalue weighted by Crippen LogP contribution is -2.04. The van der Waals surface area contributed by atoms with Crippen molar-refractivity contribution in [2.24, 2.45) is 0 Å². The molecule has 0 amide bonds. The molecule has 0 N–H and O–H groups in total. The van der Waals surface area contributed by atoms with Crippen molar-refractivity contribution in [3.8, 4) is 0 Å². The van der Waals surface area contributed by atoms with Crippen LogP contribution in [0.4, 0.5) is 0 Å². The molecule has 0 saturated heterocycles. The number of pyridine rings is 1. The van der Waals surface area contributed by atoms with Crippen molar-refractivity contribution in [2.75, 3.05) is 0 Å². The van der Waals surface area contributed by atoms with Gasteiger partial charge in [0.25, 0.3) is 0 Å². The molecule has 0 aliphatic carbocycles. The molecule has 2 nitrogen and oxygen atoms in total. The van der Waals surface area contributed by atoms with Crippen LogP contribution in [0.25, 0.3) is 5.52 Å². The molecule has 0 fully saturated rings. The maximum absolute atomic E-state index is 12.7. The van der Waals surface area contributed by atoms with Crippen LogP contribution in [0, 0.1) is 0 Å². The van der Waals surface area contributed by atoms with Gasteiger partial charge < -0.3 is 4.40 Å². The van der Waals surface area contributed by atoms with Gasteiger partial charge in [0.15, 0.2) is 0 Å². The third-order valence-corrected chi connectivity index (χ3v) is 3.55. The highest BCUT2D eigenvalue weighted by molar-refractivity contribution is 6.08. The first-order valence-corrected chi connectivity index (χ1v) is 7.00. The monoisotopic (exact) mass is 263 g/mol. The van der Waals surface area contributed by atoms with E-state index in [-0.39, 0.29) is 5.78 Å². The minimum Gasteiger partial charge on any atom is -0.313 e. The molecule has 2 heterocycles. The molecule has 100 valence electrons. The van der Waals surface area contributed by atoms with Crippen molar-refractivity contribution < 1.29 is 4.79 Å². The van der Waals surface area contributed by atoms with Gasteiger partial charge in [0.2, 0.25) is 5.78 Å². The normalized spacial score (nSPS) is 10.8. The Hall–Kier alpha value is -2.35. The number of nitrogens with zero attached hydrogens (tertiary/aromatic N) is 1. The highest BCUT2D eigenvalue weighted by Crippen LogP contribution is 2.21. The van der Waals surface area contributed by atoms with Gasteiger partial charge >= 0.3 is 0 Å². The number of aryl methyl sites for hydroxylation is 1. The van der Waals surface area contributed by atoms with Gasteiger partial charge in [0, 0.05) is 17.3 Å². The topological polar surface area (TPSA) is 21.5 Å². The standard InChI is InChI=1S/C18H17NO/c1-2-8-15-13-17(19-12-7-6-11-16(15)19)18(20)14-9-4-3-5-10-14/h3-7,9-13H,2,8H2,1H3. The van der Waals surface area contributed by atoms with E-state index in [1.54, 1.807) is 0 Å². The molecule has 0 atom stereocenters. The Morgan fingerprint density at radius 2 is 1.80 bits per heavy atom. The van der Waals surface area contributed by atoms with Crippen LogP contribution < -0.4 is 0 Å². The quantitative estimate of drug-likeness (QED) is 0.649. The summed E-state index contributed by atoms with van der Waals surface area (Å²) in [4.78, 5) is 12.7. The maximum Gasteiger partial charge on any atom is 0.209 e. The number of carbonyl (C=O) groups is 1. The third kappa shape index (κ3) is 2.14. The van der Waals surface area contributed by atoms with E-state index in [0.29, 0.717) is 0 Å². The van der Waals surface area contributed by atoms with Gasteiger partial charge in [-0.25, -0.2) is 0 Å². The molecule has 2 heteroatoms. The molecule has 0 radical (unpaired) electrons. The van der Waals surface area contributed by atoms with E-state index < -0.39 is 0 Å². The third-order valence-electron chi connectivity index (χ3n) is 3.55. The predicted octanol–water partition coefficient (Wildman–Crippen LogP) is 4.12. The first kappa shape index (κ1) is 12.7. The lowest BCUT2D eigenvalue weighted by atomic mass is 10.1. The van der Waals surface area contributed by atoms with E-state index in [0.717, 1.165) is 29.6 Å². The zero-order valence-corrected chi connectivity index (χ0v) is 11.5. The van der Waals surface area contributed by atoms with E-state index in [9.17, 15) is 4.79 Å². The van der Waals surface area contributed by atoms with Crippen LogP contribution in [0.1, 0.15) is 35.0 Å². The number of hydrogen-bond donors (Lipinski definition) is 0. The van der Waals surface area contributed by atoms with Crippen molar-refractivity contribution in [1.82, 2.24) is 4.40 Å². The number of aromatic nitrogens is 1. The lowest BCUT2D eigenvalue weighted by molar-refractivity contribution is 0.103. The Morgan fingerprint density at radius 3 is 2.55 bits per heavy atom. The summed E-state index contributed by atoms with van der Waals surface area (Å²) in [6.07, 6.45) is 4.04. The largest absolute Gasteiger partial charge is 0.313 e. The Morgan fingerprint density at radius 1 is 1.05 bits per heavy atom. The van der Waals surface area contributed by atoms with Crippen molar-refractivity contribution in [3.05, 3.63) is 77.6 Å². The van der Waals surface area contributed by atoms with Crippen molar-refractivity contribution in [1.29, 1.82) is 0 Å². The summed E-state index contributed by atoms with van der Waals surface area (Å²) in [6, 6.07) is 17.5. The van der Waals surface area contributed by atoms with E-state index in [1.807, 2.05) is 59.1 Å². The Balaban J connectivity index is 2.14. The molecule has 0 saturated carbocycles. The van der Waals surface area contributed by atoms with Gasteiger partial charge in [0.1, 0.15) is 0 Å². The van der Waals surface area contributed by atoms with Gasteiger partial charge in [0.05, 0.1) is 5.69 Å². The second-order valence-electron chi connectivity index (χ2n) is 4.96. The number of fused-ring (bicyclic) bond motifs is 1. The van der Waals surface area contributed by atoms with Gasteiger partial charge in [-0.1, -0.05) is 49.7 Å². The van der Waals surface area contributed by atoms with E-state index in [2.05, 4.69) is 13.0 Å². The minimum atomic E-state index is 0.0779. The summed E-state index contributed by atoms with van der Waals surface area (Å²) in [6.45, 7) is 2.16. The average Bonchev–Trinajstić information content (AvgIpc) is 2.87. The first-order chi connectivity index (χ1) is 9.81. The molecule has 0 aliphatic heterocycles. The number of rotatable bonds is 4. The molecular weight excluding hydrogens is 246 g/mol. The summed E-state index contributed by atoms with van der Waals surface area (Å²) >= 11 is 0. The van der Waals surface area contributed by atoms with E-state index in [4.69, 9.17) is 0 Å². The fourth-order valence-corrected chi connectivity index (χ4v) is 2.61. The summed E-state index contributed by atoms with van der Waals surface area (Å²) in [5.74, 6) is 0.0779. The van der Waals surface area contributed by atoms with Gasteiger partial charge in [-0.2, -0.15) is 0 Å². The van der Waals surface area contributed by atoms with Crippen molar-refractivity contribution >= 4 is 11.3 Å². The molecule has 0 bridgehead atoms. The highest BCUT2D eigenvalue weighted by Gasteiger charge is 2.15. The minimum absolute atomic E-state index is 0.0779. The van der Waals surface area contributed by atoms with Crippen LogP contribution in [-0.2, 0) is 6.42 Å². The summed E-state index contributed by atoms with van der Waals surface area (Å²) in [5, 5.41) is 0. The smallest absolute Gasteiger partial charge is 0.209 e. The fourth-order valence-electron chi connectivity index (χ4n) is 2.61. The van der Waals surface area contributed by atoms with E-state index in [1.165, 1.54) is 5.56 Å². The molecule has 0 spiro atoms. The van der Waals surface area contributed by atoms with Crippen LogP contribution >= 0.6 is 0 Å². The summed E-state index contributed by atoms with van der Waals surface area (Å²) in [5.41, 5.74) is 3.86. The van der Waals surface area contributed by atoms with Gasteiger partial charge in [-0.15, -0.1) is 0 Å². The lowest BCUT2D eigenvalue weighted by Gasteiger charge is -2.02. The Labute approximate surface area is 118 Å².